The minimum absolute atomic E-state index is 0.151. The second-order valence-corrected chi connectivity index (χ2v) is 3.97. The topological polar surface area (TPSA) is 63.9 Å². The van der Waals surface area contributed by atoms with Crippen LogP contribution in [0.25, 0.3) is 0 Å². The third-order valence-corrected chi connectivity index (χ3v) is 2.44. The summed E-state index contributed by atoms with van der Waals surface area (Å²) in [7, 11) is 0. The van der Waals surface area contributed by atoms with Crippen LogP contribution in [-0.4, -0.2) is 22.6 Å². The van der Waals surface area contributed by atoms with Crippen molar-refractivity contribution in [3.63, 3.8) is 0 Å². The zero-order valence-corrected chi connectivity index (χ0v) is 8.49. The summed E-state index contributed by atoms with van der Waals surface area (Å²) >= 11 is 0. The molecular weight excluding hydrogens is 178 g/mol. The van der Waals surface area contributed by atoms with Crippen molar-refractivity contribution in [3.05, 3.63) is 17.7 Å². The molecule has 14 heavy (non-hydrogen) atoms. The molecular formula is C10H17N3O. The zero-order valence-electron chi connectivity index (χ0n) is 8.49. The summed E-state index contributed by atoms with van der Waals surface area (Å²) in [6.07, 6.45) is 5.14. The van der Waals surface area contributed by atoms with E-state index in [1.54, 1.807) is 0 Å². The third-order valence-electron chi connectivity index (χ3n) is 2.44. The SMILES string of the molecule is CC(N)Cc1ncc(C2CCCO2)[nH]1. The van der Waals surface area contributed by atoms with Gasteiger partial charge in [-0.25, -0.2) is 4.98 Å². The van der Waals surface area contributed by atoms with Gasteiger partial charge in [0.05, 0.1) is 18.0 Å². The lowest BCUT2D eigenvalue weighted by molar-refractivity contribution is 0.109. The van der Waals surface area contributed by atoms with E-state index in [1.807, 2.05) is 13.1 Å². The fourth-order valence-electron chi connectivity index (χ4n) is 1.77. The summed E-state index contributed by atoms with van der Waals surface area (Å²) < 4.78 is 5.55. The highest BCUT2D eigenvalue weighted by atomic mass is 16.5. The first-order valence-electron chi connectivity index (χ1n) is 5.16. The number of nitrogens with zero attached hydrogens (tertiary/aromatic N) is 1. The first-order chi connectivity index (χ1) is 6.75. The van der Waals surface area contributed by atoms with Crippen LogP contribution < -0.4 is 5.73 Å². The van der Waals surface area contributed by atoms with Crippen molar-refractivity contribution in [2.75, 3.05) is 6.61 Å². The van der Waals surface area contributed by atoms with Crippen LogP contribution in [0, 0.1) is 0 Å². The Morgan fingerprint density at radius 3 is 3.29 bits per heavy atom. The van der Waals surface area contributed by atoms with E-state index >= 15 is 0 Å². The molecule has 1 aromatic heterocycles. The van der Waals surface area contributed by atoms with Gasteiger partial charge in [0.1, 0.15) is 5.82 Å². The molecule has 2 unspecified atom stereocenters. The molecule has 1 aliphatic rings. The Labute approximate surface area is 83.9 Å². The van der Waals surface area contributed by atoms with Gasteiger partial charge in [-0.2, -0.15) is 0 Å². The first-order valence-corrected chi connectivity index (χ1v) is 5.16. The molecule has 1 aliphatic heterocycles. The number of ether oxygens (including phenoxy) is 1. The number of nitrogens with two attached hydrogens (primary N) is 1. The molecule has 4 nitrogen and oxygen atoms in total. The van der Waals surface area contributed by atoms with Gasteiger partial charge < -0.3 is 15.5 Å². The summed E-state index contributed by atoms with van der Waals surface area (Å²) in [6, 6.07) is 0.151. The van der Waals surface area contributed by atoms with Crippen molar-refractivity contribution in [1.29, 1.82) is 0 Å². The Morgan fingerprint density at radius 1 is 1.79 bits per heavy atom. The number of imidazole rings is 1. The summed E-state index contributed by atoms with van der Waals surface area (Å²) in [5.74, 6) is 0.963. The van der Waals surface area contributed by atoms with E-state index in [1.165, 1.54) is 0 Å². The van der Waals surface area contributed by atoms with Crippen molar-refractivity contribution in [1.82, 2.24) is 9.97 Å². The number of hydrogen-bond donors (Lipinski definition) is 2. The number of H-pyrrole nitrogens is 1. The van der Waals surface area contributed by atoms with Gasteiger partial charge in [-0.3, -0.25) is 0 Å². The molecule has 1 aromatic rings. The van der Waals surface area contributed by atoms with Crippen molar-refractivity contribution in [2.45, 2.75) is 38.3 Å². The monoisotopic (exact) mass is 195 g/mol. The van der Waals surface area contributed by atoms with Crippen LogP contribution in [0.4, 0.5) is 0 Å². The highest BCUT2D eigenvalue weighted by Crippen LogP contribution is 2.26. The Bertz CT molecular complexity index is 289. The molecule has 0 amide bonds. The van der Waals surface area contributed by atoms with Crippen LogP contribution >= 0.6 is 0 Å². The maximum atomic E-state index is 5.70. The predicted molar refractivity (Wildman–Crippen MR) is 53.9 cm³/mol. The normalized spacial score (nSPS) is 24.0. The Balaban J connectivity index is 2.01. The summed E-state index contributed by atoms with van der Waals surface area (Å²) in [5.41, 5.74) is 6.79. The molecule has 2 atom stereocenters. The van der Waals surface area contributed by atoms with Crippen LogP contribution in [0.15, 0.2) is 6.20 Å². The summed E-state index contributed by atoms with van der Waals surface area (Å²) in [4.78, 5) is 7.56. The van der Waals surface area contributed by atoms with Gasteiger partial charge in [0.15, 0.2) is 0 Å². The van der Waals surface area contributed by atoms with E-state index in [0.29, 0.717) is 0 Å². The molecule has 0 saturated carbocycles. The van der Waals surface area contributed by atoms with Crippen LogP contribution in [0.3, 0.4) is 0 Å². The minimum Gasteiger partial charge on any atom is -0.372 e. The number of hydrogen-bond acceptors (Lipinski definition) is 3. The van der Waals surface area contributed by atoms with Crippen molar-refractivity contribution >= 4 is 0 Å². The van der Waals surface area contributed by atoms with Crippen LogP contribution in [0.1, 0.15) is 37.4 Å². The molecule has 2 heterocycles. The van der Waals surface area contributed by atoms with E-state index < -0.39 is 0 Å². The highest BCUT2D eigenvalue weighted by molar-refractivity contribution is 5.06. The average Bonchev–Trinajstić information content (AvgIpc) is 2.69. The van der Waals surface area contributed by atoms with E-state index in [-0.39, 0.29) is 12.1 Å². The number of aromatic nitrogens is 2. The van der Waals surface area contributed by atoms with Crippen molar-refractivity contribution in [2.24, 2.45) is 5.73 Å². The van der Waals surface area contributed by atoms with Gasteiger partial charge in [0.25, 0.3) is 0 Å². The Hall–Kier alpha value is -0.870. The molecule has 0 spiro atoms. The Morgan fingerprint density at radius 2 is 2.64 bits per heavy atom. The van der Waals surface area contributed by atoms with Crippen LogP contribution in [0.2, 0.25) is 0 Å². The molecule has 4 heteroatoms. The van der Waals surface area contributed by atoms with E-state index in [2.05, 4.69) is 9.97 Å². The van der Waals surface area contributed by atoms with Gasteiger partial charge in [0, 0.05) is 19.1 Å². The minimum atomic E-state index is 0.151. The Kier molecular flexibility index (Phi) is 2.84. The smallest absolute Gasteiger partial charge is 0.107 e. The second-order valence-electron chi connectivity index (χ2n) is 3.97. The van der Waals surface area contributed by atoms with E-state index in [0.717, 1.165) is 37.4 Å². The second kappa shape index (κ2) is 4.11. The van der Waals surface area contributed by atoms with E-state index in [4.69, 9.17) is 10.5 Å². The van der Waals surface area contributed by atoms with Crippen LogP contribution in [-0.2, 0) is 11.2 Å². The van der Waals surface area contributed by atoms with Gasteiger partial charge in [-0.15, -0.1) is 0 Å². The van der Waals surface area contributed by atoms with Gasteiger partial charge >= 0.3 is 0 Å². The van der Waals surface area contributed by atoms with E-state index in [9.17, 15) is 0 Å². The van der Waals surface area contributed by atoms with Gasteiger partial charge in [-0.05, 0) is 19.8 Å². The van der Waals surface area contributed by atoms with Gasteiger partial charge in [-0.1, -0.05) is 0 Å². The molecule has 1 saturated heterocycles. The molecule has 0 aliphatic carbocycles. The number of aromatic amines is 1. The lowest BCUT2D eigenvalue weighted by atomic mass is 10.2. The summed E-state index contributed by atoms with van der Waals surface area (Å²) in [5, 5.41) is 0. The summed E-state index contributed by atoms with van der Waals surface area (Å²) in [6.45, 7) is 2.85. The number of nitrogens with one attached hydrogen (secondary N) is 1. The maximum Gasteiger partial charge on any atom is 0.107 e. The molecule has 0 radical (unpaired) electrons. The molecule has 0 bridgehead atoms. The predicted octanol–water partition coefficient (Wildman–Crippen LogP) is 1.15. The average molecular weight is 195 g/mol. The van der Waals surface area contributed by atoms with Gasteiger partial charge in [0.2, 0.25) is 0 Å². The molecule has 0 aromatic carbocycles. The quantitative estimate of drug-likeness (QED) is 0.760. The standard InChI is InChI=1S/C10H17N3O/c1-7(11)5-10-12-6-8(13-10)9-3-2-4-14-9/h6-7,9H,2-5,11H2,1H3,(H,12,13). The van der Waals surface area contributed by atoms with Crippen molar-refractivity contribution < 1.29 is 4.74 Å². The van der Waals surface area contributed by atoms with Crippen molar-refractivity contribution in [3.8, 4) is 0 Å². The lowest BCUT2D eigenvalue weighted by Gasteiger charge is -2.05. The highest BCUT2D eigenvalue weighted by Gasteiger charge is 2.19. The van der Waals surface area contributed by atoms with Crippen LogP contribution in [0.5, 0.6) is 0 Å². The first kappa shape index (κ1) is 9.68. The third kappa shape index (κ3) is 2.13. The maximum absolute atomic E-state index is 5.70. The molecule has 3 N–H and O–H groups in total. The molecule has 1 fully saturated rings. The molecule has 2 rings (SSSR count). The zero-order chi connectivity index (χ0) is 9.97. The fourth-order valence-corrected chi connectivity index (χ4v) is 1.77. The number of rotatable bonds is 3. The largest absolute Gasteiger partial charge is 0.372 e. The lowest BCUT2D eigenvalue weighted by Crippen LogP contribution is -2.18. The molecule has 78 valence electrons. The fraction of sp³-hybridized carbons (Fsp3) is 0.700.